The van der Waals surface area contributed by atoms with Crippen molar-refractivity contribution < 1.29 is 14.3 Å². The van der Waals surface area contributed by atoms with Gasteiger partial charge < -0.3 is 4.74 Å². The lowest BCUT2D eigenvalue weighted by Crippen LogP contribution is -2.50. The quantitative estimate of drug-likeness (QED) is 0.258. The number of hydrogen-bond acceptors (Lipinski definition) is 3. The van der Waals surface area contributed by atoms with E-state index in [4.69, 9.17) is 4.74 Å². The predicted octanol–water partition coefficient (Wildman–Crippen LogP) is 4.87. The number of allylic oxidation sites excluding steroid dienone is 1. The molecule has 0 amide bonds. The van der Waals surface area contributed by atoms with Crippen LogP contribution >= 0.6 is 22.6 Å². The fourth-order valence-electron chi connectivity index (χ4n) is 6.72. The number of ketones is 1. The van der Waals surface area contributed by atoms with Gasteiger partial charge in [-0.05, 0) is 61.7 Å². The van der Waals surface area contributed by atoms with Crippen LogP contribution in [-0.2, 0) is 14.3 Å². The van der Waals surface area contributed by atoms with E-state index in [9.17, 15) is 9.59 Å². The monoisotopic (exact) mass is 456 g/mol. The van der Waals surface area contributed by atoms with Crippen molar-refractivity contribution in [2.75, 3.05) is 4.43 Å². The maximum Gasteiger partial charge on any atom is 0.316 e. The zero-order chi connectivity index (χ0) is 17.8. The van der Waals surface area contributed by atoms with Crippen LogP contribution in [0.5, 0.6) is 0 Å². The van der Waals surface area contributed by atoms with E-state index in [0.717, 1.165) is 44.9 Å². The molecule has 6 atom stereocenters. The minimum absolute atomic E-state index is 0.0457. The molecule has 0 aromatic carbocycles. The summed E-state index contributed by atoms with van der Waals surface area (Å²) in [6.07, 6.45) is 10.8. The van der Waals surface area contributed by atoms with Gasteiger partial charge in [0, 0.05) is 18.3 Å². The van der Waals surface area contributed by atoms with Crippen molar-refractivity contribution in [2.45, 2.75) is 71.3 Å². The molecule has 3 fully saturated rings. The Kier molecular flexibility index (Phi) is 4.57. The Bertz CT molecular complexity index is 627. The molecule has 0 saturated heterocycles. The summed E-state index contributed by atoms with van der Waals surface area (Å²) in [5.74, 6) is 2.40. The molecule has 4 heteroatoms. The van der Waals surface area contributed by atoms with Crippen molar-refractivity contribution in [1.82, 2.24) is 0 Å². The molecule has 0 aromatic rings. The van der Waals surface area contributed by atoms with E-state index in [2.05, 4.69) is 42.5 Å². The van der Waals surface area contributed by atoms with E-state index in [1.165, 1.54) is 12.0 Å². The molecule has 0 bridgehead atoms. The molecule has 4 rings (SSSR count). The van der Waals surface area contributed by atoms with E-state index < -0.39 is 0 Å². The van der Waals surface area contributed by atoms with Gasteiger partial charge in [-0.3, -0.25) is 9.59 Å². The van der Waals surface area contributed by atoms with Gasteiger partial charge in [0.25, 0.3) is 0 Å². The number of halogens is 1. The van der Waals surface area contributed by atoms with Gasteiger partial charge in [-0.1, -0.05) is 48.1 Å². The summed E-state index contributed by atoms with van der Waals surface area (Å²) < 4.78 is 6.07. The van der Waals surface area contributed by atoms with E-state index in [0.29, 0.717) is 28.0 Å². The van der Waals surface area contributed by atoms with Gasteiger partial charge in [-0.15, -0.1) is 0 Å². The number of alkyl halides is 1. The van der Waals surface area contributed by atoms with Crippen LogP contribution in [0.15, 0.2) is 11.6 Å². The highest BCUT2D eigenvalue weighted by Crippen LogP contribution is 2.64. The lowest BCUT2D eigenvalue weighted by Gasteiger charge is -2.56. The van der Waals surface area contributed by atoms with E-state index in [1.807, 2.05) is 0 Å². The molecule has 138 valence electrons. The Morgan fingerprint density at radius 1 is 1.20 bits per heavy atom. The molecule has 0 N–H and O–H groups in total. The molecule has 0 radical (unpaired) electrons. The topological polar surface area (TPSA) is 43.4 Å². The molecule has 3 saturated carbocycles. The number of esters is 1. The van der Waals surface area contributed by atoms with Gasteiger partial charge >= 0.3 is 5.97 Å². The largest absolute Gasteiger partial charge is 0.461 e. The Labute approximate surface area is 164 Å². The summed E-state index contributed by atoms with van der Waals surface area (Å²) in [5, 5.41) is 0. The fourth-order valence-corrected chi connectivity index (χ4v) is 6.90. The van der Waals surface area contributed by atoms with E-state index >= 15 is 0 Å². The summed E-state index contributed by atoms with van der Waals surface area (Å²) in [6.45, 7) is 4.69. The maximum absolute atomic E-state index is 12.5. The first kappa shape index (κ1) is 18.0. The minimum Gasteiger partial charge on any atom is -0.461 e. The highest BCUT2D eigenvalue weighted by molar-refractivity contribution is 14.1. The van der Waals surface area contributed by atoms with Crippen molar-refractivity contribution >= 4 is 34.3 Å². The van der Waals surface area contributed by atoms with Crippen molar-refractivity contribution in [3.63, 3.8) is 0 Å². The summed E-state index contributed by atoms with van der Waals surface area (Å²) >= 11 is 2.07. The van der Waals surface area contributed by atoms with Crippen molar-refractivity contribution in [3.05, 3.63) is 11.6 Å². The molecule has 0 aromatic heterocycles. The van der Waals surface area contributed by atoms with Crippen molar-refractivity contribution in [3.8, 4) is 0 Å². The lowest BCUT2D eigenvalue weighted by molar-refractivity contribution is -0.147. The zero-order valence-corrected chi connectivity index (χ0v) is 17.5. The van der Waals surface area contributed by atoms with Gasteiger partial charge in [0.05, 0.1) is 4.43 Å². The van der Waals surface area contributed by atoms with Crippen LogP contribution in [0.25, 0.3) is 0 Å². The van der Waals surface area contributed by atoms with Crippen LogP contribution in [0.2, 0.25) is 0 Å². The number of ether oxygens (including phenoxy) is 1. The van der Waals surface area contributed by atoms with Gasteiger partial charge in [-0.2, -0.15) is 0 Å². The van der Waals surface area contributed by atoms with Crippen LogP contribution < -0.4 is 0 Å². The Morgan fingerprint density at radius 3 is 2.68 bits per heavy atom. The van der Waals surface area contributed by atoms with Gasteiger partial charge in [0.2, 0.25) is 0 Å². The molecular weight excluding hydrogens is 427 g/mol. The Hall–Kier alpha value is -0.390. The average molecular weight is 456 g/mol. The smallest absolute Gasteiger partial charge is 0.316 e. The molecule has 4 aliphatic carbocycles. The second-order valence-electron chi connectivity index (χ2n) is 9.17. The first-order valence-corrected chi connectivity index (χ1v) is 11.4. The lowest BCUT2D eigenvalue weighted by atomic mass is 9.48. The molecule has 0 heterocycles. The van der Waals surface area contributed by atoms with Crippen LogP contribution in [0, 0.1) is 28.6 Å². The molecular formula is C21H29IO3. The second-order valence-corrected chi connectivity index (χ2v) is 9.93. The van der Waals surface area contributed by atoms with Gasteiger partial charge in [0.15, 0.2) is 0 Å². The highest BCUT2D eigenvalue weighted by atomic mass is 127. The summed E-state index contributed by atoms with van der Waals surface area (Å²) in [7, 11) is 0. The molecule has 25 heavy (non-hydrogen) atoms. The average Bonchev–Trinajstić information content (AvgIpc) is 2.90. The zero-order valence-electron chi connectivity index (χ0n) is 15.4. The number of Topliss-reactive ketones (excluding diaryl/α,β-unsaturated/α-hetero) is 1. The van der Waals surface area contributed by atoms with Crippen molar-refractivity contribution in [1.29, 1.82) is 0 Å². The van der Waals surface area contributed by atoms with Crippen molar-refractivity contribution in [2.24, 2.45) is 28.6 Å². The molecule has 3 nitrogen and oxygen atoms in total. The Balaban J connectivity index is 1.56. The third-order valence-electron chi connectivity index (χ3n) is 8.17. The van der Waals surface area contributed by atoms with Crippen LogP contribution in [0.4, 0.5) is 0 Å². The van der Waals surface area contributed by atoms with Gasteiger partial charge in [-0.25, -0.2) is 0 Å². The fraction of sp³-hybridized carbons (Fsp3) is 0.810. The molecule has 0 aliphatic heterocycles. The SMILES string of the molecule is C[C@]12CC[C@H](OC(=O)CI)CC1=CC[C@H]1[C@H]2CC[C@]2(C)C(=O)CC[C@H]12. The molecule has 0 unspecified atom stereocenters. The van der Waals surface area contributed by atoms with Crippen LogP contribution in [0.3, 0.4) is 0 Å². The third kappa shape index (κ3) is 2.72. The normalized spacial score (nSPS) is 45.9. The predicted molar refractivity (Wildman–Crippen MR) is 105 cm³/mol. The minimum atomic E-state index is -0.0820. The Morgan fingerprint density at radius 2 is 1.92 bits per heavy atom. The summed E-state index contributed by atoms with van der Waals surface area (Å²) in [4.78, 5) is 24.1. The first-order chi connectivity index (χ1) is 11.9. The molecule has 4 aliphatic rings. The second kappa shape index (κ2) is 6.35. The molecule has 0 spiro atoms. The third-order valence-corrected chi connectivity index (χ3v) is 8.80. The van der Waals surface area contributed by atoms with Gasteiger partial charge in [0.1, 0.15) is 11.9 Å². The summed E-state index contributed by atoms with van der Waals surface area (Å²) in [6, 6.07) is 0. The number of carbonyl (C=O) groups excluding carboxylic acids is 2. The van der Waals surface area contributed by atoms with E-state index in [-0.39, 0.29) is 22.9 Å². The van der Waals surface area contributed by atoms with E-state index in [1.54, 1.807) is 0 Å². The number of rotatable bonds is 2. The van der Waals surface area contributed by atoms with Crippen LogP contribution in [-0.4, -0.2) is 22.3 Å². The highest BCUT2D eigenvalue weighted by Gasteiger charge is 2.58. The van der Waals surface area contributed by atoms with Crippen LogP contribution in [0.1, 0.15) is 65.2 Å². The number of fused-ring (bicyclic) bond motifs is 5. The maximum atomic E-state index is 12.5. The standard InChI is InChI=1S/C21H29IO3/c1-20-9-7-14(25-19(24)12-22)11-13(20)3-4-15-16-5-6-18(23)21(16,2)10-8-17(15)20/h3,14-17H,4-12H2,1-2H3/t14-,15+,16+,17+,20-,21-/m0/s1. The summed E-state index contributed by atoms with van der Waals surface area (Å²) in [5.41, 5.74) is 1.73. The first-order valence-electron chi connectivity index (χ1n) is 9.87. The number of hydrogen-bond donors (Lipinski definition) is 0. The number of carbonyl (C=O) groups is 2.